The quantitative estimate of drug-likeness (QED) is 0.0947. The van der Waals surface area contributed by atoms with E-state index in [1.165, 1.54) is 6.66 Å². The summed E-state index contributed by atoms with van der Waals surface area (Å²) in [6, 6.07) is 0. The van der Waals surface area contributed by atoms with E-state index in [0.29, 0.717) is 6.42 Å². The number of ether oxygens (including phenoxy) is 1. The Morgan fingerprint density at radius 2 is 1.76 bits per heavy atom. The molecule has 210 valence electrons. The third-order valence-corrected chi connectivity index (χ3v) is 9.35. The summed E-state index contributed by atoms with van der Waals surface area (Å²) < 4.78 is 63.0. The first kappa shape index (κ1) is 32.0. The van der Waals surface area contributed by atoms with E-state index >= 15 is 0 Å². The van der Waals surface area contributed by atoms with Gasteiger partial charge in [0.1, 0.15) is 17.9 Å². The number of aromatic amines is 1. The van der Waals surface area contributed by atoms with Crippen molar-refractivity contribution in [1.29, 1.82) is 0 Å². The summed E-state index contributed by atoms with van der Waals surface area (Å²) in [4.78, 5) is 71.2. The van der Waals surface area contributed by atoms with E-state index < -0.39 is 67.1 Å². The summed E-state index contributed by atoms with van der Waals surface area (Å²) in [5, 5.41) is 10.2. The van der Waals surface area contributed by atoms with Crippen LogP contribution in [0, 0.1) is 11.8 Å². The molecule has 1 saturated heterocycles. The Labute approximate surface area is 208 Å². The number of phosphoric acid groups is 3. The van der Waals surface area contributed by atoms with Crippen molar-refractivity contribution < 1.29 is 65.7 Å². The molecule has 6 atom stereocenters. The fraction of sp³-hybridized carbons (Fsp3) is 0.600. The fourth-order valence-corrected chi connectivity index (χ4v) is 6.69. The molecule has 0 saturated carbocycles. The van der Waals surface area contributed by atoms with Crippen molar-refractivity contribution >= 4 is 30.8 Å². The highest BCUT2D eigenvalue weighted by atomic mass is 31.3. The monoisotopic (exact) mass is 612 g/mol. The van der Waals surface area contributed by atoms with Gasteiger partial charge in [0.2, 0.25) is 0 Å². The van der Waals surface area contributed by atoms with E-state index in [9.17, 15) is 42.7 Å². The summed E-state index contributed by atoms with van der Waals surface area (Å²) >= 11 is 0. The van der Waals surface area contributed by atoms with E-state index in [-0.39, 0.29) is 24.6 Å². The van der Waals surface area contributed by atoms with Gasteiger partial charge in [0, 0.05) is 31.9 Å². The third kappa shape index (κ3) is 11.2. The van der Waals surface area contributed by atoms with Crippen LogP contribution in [-0.4, -0.2) is 70.8 Å². The zero-order valence-corrected chi connectivity index (χ0v) is 22.4. The number of rotatable bonds is 11. The lowest BCUT2D eigenvalue weighted by atomic mass is 10.2. The van der Waals surface area contributed by atoms with Gasteiger partial charge in [-0.05, 0) is 6.42 Å². The molecule has 0 bridgehead atoms. The molecule has 2 heterocycles. The molecule has 1 aliphatic heterocycles. The number of aromatic nitrogens is 2. The Kier molecular flexibility index (Phi) is 10.6. The van der Waals surface area contributed by atoms with Crippen LogP contribution in [0.3, 0.4) is 0 Å². The van der Waals surface area contributed by atoms with Crippen LogP contribution < -0.4 is 11.2 Å². The van der Waals surface area contributed by atoms with Crippen molar-refractivity contribution in [2.75, 3.05) is 19.4 Å². The Morgan fingerprint density at radius 3 is 2.35 bits per heavy atom. The SMILES string of the molecule is CP(=O)(O)CCCC#Cc1cn(C2CC(O)C(COP(=O)(O)OP(=O)(O)OP(=O)(O)O)O2)c(=O)[nH]c1=O. The van der Waals surface area contributed by atoms with Crippen molar-refractivity contribution in [2.45, 2.75) is 37.7 Å². The molecule has 6 unspecified atom stereocenters. The zero-order valence-electron chi connectivity index (χ0n) is 18.8. The summed E-state index contributed by atoms with van der Waals surface area (Å²) in [7, 11) is -20.0. The van der Waals surface area contributed by atoms with Gasteiger partial charge in [0.25, 0.3) is 5.56 Å². The second-order valence-corrected chi connectivity index (χ2v) is 14.7. The highest BCUT2D eigenvalue weighted by Gasteiger charge is 2.43. The molecule has 0 aromatic carbocycles. The topological polar surface area (TPSA) is 281 Å². The number of hydrogen-bond acceptors (Lipinski definition) is 11. The molecule has 18 nitrogen and oxygen atoms in total. The predicted octanol–water partition coefficient (Wildman–Crippen LogP) is -0.440. The van der Waals surface area contributed by atoms with E-state index in [2.05, 4.69) is 25.0 Å². The van der Waals surface area contributed by atoms with Crippen LogP contribution in [-0.2, 0) is 36.1 Å². The highest BCUT2D eigenvalue weighted by molar-refractivity contribution is 7.66. The summed E-state index contributed by atoms with van der Waals surface area (Å²) in [5.74, 6) is 5.16. The number of hydrogen-bond donors (Lipinski definition) is 7. The van der Waals surface area contributed by atoms with Crippen LogP contribution in [0.15, 0.2) is 15.8 Å². The van der Waals surface area contributed by atoms with Crippen molar-refractivity contribution in [3.05, 3.63) is 32.6 Å². The van der Waals surface area contributed by atoms with Crippen LogP contribution in [0.4, 0.5) is 0 Å². The maximum atomic E-state index is 12.2. The Bertz CT molecular complexity index is 1350. The first-order valence-electron chi connectivity index (χ1n) is 10.0. The second kappa shape index (κ2) is 12.3. The minimum atomic E-state index is -5.73. The smallest absolute Gasteiger partial charge is 0.390 e. The van der Waals surface area contributed by atoms with Crippen LogP contribution in [0.2, 0.25) is 0 Å². The van der Waals surface area contributed by atoms with E-state index in [1.54, 1.807) is 0 Å². The van der Waals surface area contributed by atoms with E-state index in [4.69, 9.17) is 19.4 Å². The lowest BCUT2D eigenvalue weighted by molar-refractivity contribution is -0.0450. The number of H-pyrrole nitrogens is 1. The summed E-state index contributed by atoms with van der Waals surface area (Å²) in [6.45, 7) is 0.256. The number of unbranched alkanes of at least 4 members (excludes halogenated alkanes) is 1. The molecule has 0 aliphatic carbocycles. The molecule has 1 fully saturated rings. The molecule has 0 amide bonds. The van der Waals surface area contributed by atoms with Gasteiger partial charge in [-0.25, -0.2) is 18.5 Å². The van der Waals surface area contributed by atoms with Gasteiger partial charge in [-0.15, -0.1) is 0 Å². The van der Waals surface area contributed by atoms with E-state index in [0.717, 1.165) is 10.8 Å². The average Bonchev–Trinajstić information content (AvgIpc) is 3.04. The average molecular weight is 612 g/mol. The molecule has 1 aromatic heterocycles. The Morgan fingerprint density at radius 1 is 1.11 bits per heavy atom. The molecular weight excluding hydrogens is 588 g/mol. The number of nitrogens with one attached hydrogen (secondary N) is 1. The van der Waals surface area contributed by atoms with Gasteiger partial charge in [-0.2, -0.15) is 8.62 Å². The van der Waals surface area contributed by atoms with Gasteiger partial charge in [-0.3, -0.25) is 23.4 Å². The van der Waals surface area contributed by atoms with Gasteiger partial charge in [0.05, 0.1) is 12.7 Å². The molecule has 0 radical (unpaired) electrons. The minimum Gasteiger partial charge on any atom is -0.390 e. The van der Waals surface area contributed by atoms with Crippen LogP contribution >= 0.6 is 30.8 Å². The number of phosphoric ester groups is 1. The molecule has 2 rings (SSSR count). The van der Waals surface area contributed by atoms with Crippen molar-refractivity contribution in [3.63, 3.8) is 0 Å². The maximum Gasteiger partial charge on any atom is 0.490 e. The molecule has 0 spiro atoms. The first-order valence-corrected chi connectivity index (χ1v) is 16.8. The van der Waals surface area contributed by atoms with Crippen LogP contribution in [0.1, 0.15) is 31.1 Å². The van der Waals surface area contributed by atoms with Gasteiger partial charge >= 0.3 is 29.2 Å². The number of aliphatic hydroxyl groups is 1. The normalized spacial score (nSPS) is 24.9. The predicted molar refractivity (Wildman–Crippen MR) is 122 cm³/mol. The second-order valence-electron chi connectivity index (χ2n) is 7.71. The number of nitrogens with zero attached hydrogens (tertiary/aromatic N) is 1. The molecule has 22 heteroatoms. The molecule has 37 heavy (non-hydrogen) atoms. The molecule has 1 aromatic rings. The summed E-state index contributed by atoms with van der Waals surface area (Å²) in [5.41, 5.74) is -1.91. The maximum absolute atomic E-state index is 12.2. The zero-order chi connectivity index (χ0) is 28.2. The third-order valence-electron chi connectivity index (χ3n) is 4.40. The van der Waals surface area contributed by atoms with Crippen molar-refractivity contribution in [1.82, 2.24) is 9.55 Å². The highest BCUT2D eigenvalue weighted by Crippen LogP contribution is 2.66. The molecule has 1 aliphatic rings. The first-order chi connectivity index (χ1) is 16.8. The standard InChI is InChI=1S/C15H24N2O16P4/c1-34(21,22)6-4-2-3-5-10-8-17(15(20)16-14(10)19)13-7-11(18)12(31-13)9-30-36(26,27)33-37(28,29)32-35(23,24)25/h8,11-13,18H,2,4,6-7,9H2,1H3,(H,21,22)(H,26,27)(H,28,29)(H,16,19,20)(H2,23,24,25). The Hall–Kier alpha value is -1.24. The fourth-order valence-electron chi connectivity index (χ4n) is 2.91. The van der Waals surface area contributed by atoms with Gasteiger partial charge in [-0.1, -0.05) is 11.8 Å². The largest absolute Gasteiger partial charge is 0.490 e. The molecule has 7 N–H and O–H groups in total. The lowest BCUT2D eigenvalue weighted by Crippen LogP contribution is -2.33. The van der Waals surface area contributed by atoms with Crippen molar-refractivity contribution in [2.24, 2.45) is 0 Å². The van der Waals surface area contributed by atoms with Crippen LogP contribution in [0.5, 0.6) is 0 Å². The van der Waals surface area contributed by atoms with Crippen molar-refractivity contribution in [3.8, 4) is 11.8 Å². The van der Waals surface area contributed by atoms with E-state index in [1.807, 2.05) is 4.98 Å². The minimum absolute atomic E-state index is 0.0349. The molecular formula is C15H24N2O16P4. The number of aliphatic hydroxyl groups excluding tert-OH is 1. The summed E-state index contributed by atoms with van der Waals surface area (Å²) in [6.07, 6.45) is -2.72. The van der Waals surface area contributed by atoms with Gasteiger partial charge < -0.3 is 34.3 Å². The Balaban J connectivity index is 2.07. The van der Waals surface area contributed by atoms with Gasteiger partial charge in [0.15, 0.2) is 7.37 Å². The lowest BCUT2D eigenvalue weighted by Gasteiger charge is -2.19. The van der Waals surface area contributed by atoms with Crippen LogP contribution in [0.25, 0.3) is 0 Å².